The van der Waals surface area contributed by atoms with Gasteiger partial charge in [0.05, 0.1) is 0 Å². The van der Waals surface area contributed by atoms with E-state index in [-0.39, 0.29) is 14.9 Å². The summed E-state index contributed by atoms with van der Waals surface area (Å²) in [7, 11) is 2.00. The van der Waals surface area contributed by atoms with Gasteiger partial charge in [-0.25, -0.2) is 24.3 Å². The molecule has 0 spiro atoms. The molecule has 0 heterocycles. The van der Waals surface area contributed by atoms with Crippen LogP contribution in [0.25, 0.3) is 0 Å². The Kier molecular flexibility index (Phi) is 74.4. The molecule has 0 unspecified atom stereocenters. The van der Waals surface area contributed by atoms with Crippen molar-refractivity contribution in [3.63, 3.8) is 0 Å². The second-order valence-corrected chi connectivity index (χ2v) is 2.01. The molecule has 0 aliphatic heterocycles. The third-order valence-corrected chi connectivity index (χ3v) is 1.17. The van der Waals surface area contributed by atoms with E-state index in [1.807, 2.05) is 31.2 Å². The summed E-state index contributed by atoms with van der Waals surface area (Å²) in [5.74, 6) is 0. The second kappa shape index (κ2) is 43.5. The van der Waals surface area contributed by atoms with E-state index in [0.717, 1.165) is 27.1 Å². The van der Waals surface area contributed by atoms with E-state index >= 15 is 0 Å². The van der Waals surface area contributed by atoms with Crippen LogP contribution < -0.4 is 0 Å². The van der Waals surface area contributed by atoms with Crippen molar-refractivity contribution in [2.45, 2.75) is 12.8 Å². The molecule has 0 saturated heterocycles. The summed E-state index contributed by atoms with van der Waals surface area (Å²) in [5, 5.41) is 14.0. The van der Waals surface area contributed by atoms with E-state index in [4.69, 9.17) is 10.2 Å². The Morgan fingerprint density at radius 3 is 1.17 bits per heavy atom. The Labute approximate surface area is 130 Å². The molecule has 0 saturated carbocycles. The Morgan fingerprint density at radius 2 is 1.11 bits per heavy atom. The third-order valence-electron chi connectivity index (χ3n) is 1.17. The van der Waals surface area contributed by atoms with Crippen LogP contribution in [0.15, 0.2) is 36.5 Å². The van der Waals surface area contributed by atoms with Gasteiger partial charge in [0.1, 0.15) is 0 Å². The summed E-state index contributed by atoms with van der Waals surface area (Å²) in [4.78, 5) is 0. The number of aliphatic hydroxyl groups is 2. The molecular formula is C14H26O2SiZr-4. The number of hydrogen-bond donors (Lipinski definition) is 2. The van der Waals surface area contributed by atoms with Crippen LogP contribution in [-0.4, -0.2) is 31.3 Å². The second-order valence-electron chi connectivity index (χ2n) is 2.01. The zero-order valence-corrected chi connectivity index (χ0v) is 15.9. The standard InChI is InChI=1S/2C5H5.2CH4O.2CH3.H2Si.Zr/c2*1-2-4-5-3-1;2*1-2;;;;/h2*1-3H,4H2;2*2H,1H3;2*1H3;1H2;/q2*-1;;;2*-1;;. The molecule has 0 fully saturated rings. The van der Waals surface area contributed by atoms with Gasteiger partial charge in [-0.3, -0.25) is 12.2 Å². The molecule has 0 aromatic rings. The van der Waals surface area contributed by atoms with Crippen LogP contribution in [0.3, 0.4) is 0 Å². The zero-order chi connectivity index (χ0) is 13.1. The molecule has 0 aromatic carbocycles. The molecule has 106 valence electrons. The van der Waals surface area contributed by atoms with Crippen molar-refractivity contribution in [3.05, 3.63) is 63.5 Å². The molecule has 18 heavy (non-hydrogen) atoms. The summed E-state index contributed by atoms with van der Waals surface area (Å²) in [5.41, 5.74) is 0. The van der Waals surface area contributed by atoms with Gasteiger partial charge in [-0.15, -0.1) is 12.8 Å². The van der Waals surface area contributed by atoms with Gasteiger partial charge in [-0.1, -0.05) is 0 Å². The number of aliphatic hydroxyl groups excluding tert-OH is 2. The Balaban J connectivity index is -0.0000000415. The Morgan fingerprint density at radius 1 is 0.833 bits per heavy atom. The van der Waals surface area contributed by atoms with Crippen molar-refractivity contribution < 1.29 is 33.5 Å². The molecule has 2 rings (SSSR count). The monoisotopic (exact) mass is 344 g/mol. The molecule has 2 aliphatic rings. The zero-order valence-electron chi connectivity index (χ0n) is 12.0. The first-order valence-corrected chi connectivity index (χ1v) is 10.6. The number of allylic oxidation sites excluding steroid dienone is 8. The topological polar surface area (TPSA) is 40.5 Å². The van der Waals surface area contributed by atoms with Gasteiger partial charge in [0.15, 0.2) is 0 Å². The molecule has 0 bridgehead atoms. The van der Waals surface area contributed by atoms with E-state index in [2.05, 4.69) is 24.3 Å². The van der Waals surface area contributed by atoms with Crippen LogP contribution in [0.5, 0.6) is 0 Å². The van der Waals surface area contributed by atoms with Gasteiger partial charge in [-0.2, -0.15) is 12.2 Å². The maximum absolute atomic E-state index is 7.00. The predicted octanol–water partition coefficient (Wildman–Crippen LogP) is 1.81. The van der Waals surface area contributed by atoms with Crippen LogP contribution in [0, 0.1) is 27.0 Å². The van der Waals surface area contributed by atoms with Crippen LogP contribution in [0.1, 0.15) is 12.8 Å². The van der Waals surface area contributed by atoms with E-state index in [0.29, 0.717) is 0 Å². The minimum atomic E-state index is 0. The van der Waals surface area contributed by atoms with E-state index in [9.17, 15) is 0 Å². The Hall–Kier alpha value is -0.0200. The quantitative estimate of drug-likeness (QED) is 0.519. The van der Waals surface area contributed by atoms with Gasteiger partial charge < -0.3 is 25.1 Å². The van der Waals surface area contributed by atoms with Crippen molar-refractivity contribution in [1.82, 2.24) is 0 Å². The van der Waals surface area contributed by atoms with E-state index in [1.54, 1.807) is 23.3 Å². The van der Waals surface area contributed by atoms with Crippen LogP contribution in [0.2, 0.25) is 0 Å². The molecular weight excluding hydrogens is 319 g/mol. The summed E-state index contributed by atoms with van der Waals surface area (Å²) >= 11 is 1.58. The van der Waals surface area contributed by atoms with Gasteiger partial charge in [0, 0.05) is 14.2 Å². The van der Waals surface area contributed by atoms with Crippen molar-refractivity contribution >= 4 is 6.88 Å². The SMILES string of the molecule is CO.CO.[C-]1=CC=CC1.[C-]1=CC=CC1.[CH3-].[CH3-].[SiH2]=[Zr]. The third kappa shape index (κ3) is 36.0. The average Bonchev–Trinajstić information content (AvgIpc) is 3.14. The van der Waals surface area contributed by atoms with Gasteiger partial charge in [0.2, 0.25) is 0 Å². The van der Waals surface area contributed by atoms with Crippen molar-refractivity contribution in [2.24, 2.45) is 0 Å². The normalized spacial score (nSPS) is 10.6. The molecule has 0 radical (unpaired) electrons. The summed E-state index contributed by atoms with van der Waals surface area (Å²) in [6.07, 6.45) is 20.0. The number of rotatable bonds is 0. The molecule has 2 N–H and O–H groups in total. The number of hydrogen-bond acceptors (Lipinski definition) is 2. The van der Waals surface area contributed by atoms with Crippen molar-refractivity contribution in [2.75, 3.05) is 14.2 Å². The fraction of sp³-hybridized carbons (Fsp3) is 0.286. The fourth-order valence-electron chi connectivity index (χ4n) is 0.680. The van der Waals surface area contributed by atoms with E-state index in [1.165, 1.54) is 0 Å². The van der Waals surface area contributed by atoms with Crippen molar-refractivity contribution in [3.8, 4) is 0 Å². The fourth-order valence-corrected chi connectivity index (χ4v) is 0.680. The molecule has 0 aromatic heterocycles. The first kappa shape index (κ1) is 30.8. The van der Waals surface area contributed by atoms with Crippen molar-refractivity contribution in [1.29, 1.82) is 0 Å². The summed E-state index contributed by atoms with van der Waals surface area (Å²) in [6, 6.07) is 0. The first-order chi connectivity index (χ1) is 8.00. The molecule has 2 aliphatic carbocycles. The van der Waals surface area contributed by atoms with E-state index < -0.39 is 0 Å². The van der Waals surface area contributed by atoms with Gasteiger partial charge >= 0.3 is 30.2 Å². The average molecular weight is 346 g/mol. The van der Waals surface area contributed by atoms with Gasteiger partial charge in [-0.05, 0) is 0 Å². The summed E-state index contributed by atoms with van der Waals surface area (Å²) in [6.45, 7) is 1.95. The van der Waals surface area contributed by atoms with Crippen LogP contribution >= 0.6 is 0 Å². The maximum atomic E-state index is 7.00. The summed E-state index contributed by atoms with van der Waals surface area (Å²) < 4.78 is 0. The molecule has 4 heteroatoms. The molecule has 2 nitrogen and oxygen atoms in total. The minimum absolute atomic E-state index is 0. The Bertz CT molecular complexity index is 170. The van der Waals surface area contributed by atoms with Crippen LogP contribution in [0.4, 0.5) is 0 Å². The van der Waals surface area contributed by atoms with Gasteiger partial charge in [0.25, 0.3) is 0 Å². The molecule has 0 atom stereocenters. The molecule has 0 amide bonds. The predicted molar refractivity (Wildman–Crippen MR) is 80.8 cm³/mol. The van der Waals surface area contributed by atoms with Crippen LogP contribution in [-0.2, 0) is 23.3 Å². The first-order valence-electron chi connectivity index (χ1n) is 4.68.